The zero-order valence-corrected chi connectivity index (χ0v) is 29.4. The van der Waals surface area contributed by atoms with Crippen LogP contribution in [-0.2, 0) is 49.8 Å². The highest BCUT2D eigenvalue weighted by Gasteiger charge is 2.26. The summed E-state index contributed by atoms with van der Waals surface area (Å²) in [4.78, 5) is 53.2. The third-order valence-corrected chi connectivity index (χ3v) is 9.13. The van der Waals surface area contributed by atoms with Gasteiger partial charge in [0.2, 0.25) is 0 Å². The lowest BCUT2D eigenvalue weighted by Gasteiger charge is -2.17. The van der Waals surface area contributed by atoms with Crippen LogP contribution in [0.2, 0.25) is 0 Å². The number of para-hydroxylation sites is 2. The largest absolute Gasteiger partial charge is 0.467 e. The molecule has 7 rings (SSSR count). The molecule has 14 heteroatoms. The Kier molecular flexibility index (Phi) is 10.3. The normalized spacial score (nSPS) is 12.3. The van der Waals surface area contributed by atoms with E-state index in [-0.39, 0.29) is 24.1 Å². The molecule has 3 heterocycles. The van der Waals surface area contributed by atoms with Crippen molar-refractivity contribution < 1.29 is 28.6 Å². The van der Waals surface area contributed by atoms with Crippen molar-refractivity contribution in [2.45, 2.75) is 38.1 Å². The van der Waals surface area contributed by atoms with Crippen molar-refractivity contribution in [2.24, 2.45) is 0 Å². The van der Waals surface area contributed by atoms with Crippen LogP contribution in [0.4, 0.5) is 0 Å². The van der Waals surface area contributed by atoms with Crippen LogP contribution in [0.25, 0.3) is 21.8 Å². The molecule has 0 aliphatic carbocycles. The third kappa shape index (κ3) is 7.35. The molecule has 14 nitrogen and oxygen atoms in total. The van der Waals surface area contributed by atoms with Gasteiger partial charge in [0.15, 0.2) is 17.5 Å². The summed E-state index contributed by atoms with van der Waals surface area (Å²) >= 11 is 0. The second-order valence-electron chi connectivity index (χ2n) is 12.5. The molecule has 0 bridgehead atoms. The Hall–Kier alpha value is -6.96. The number of fused-ring (bicyclic) bond motifs is 2. The van der Waals surface area contributed by atoms with Gasteiger partial charge < -0.3 is 18.8 Å². The number of pyridine rings is 1. The predicted molar refractivity (Wildman–Crippen MR) is 196 cm³/mol. The van der Waals surface area contributed by atoms with Crippen LogP contribution in [-0.4, -0.2) is 66.7 Å². The lowest BCUT2D eigenvalue weighted by molar-refractivity contribution is -0.145. The molecule has 0 aliphatic rings. The fourth-order valence-electron chi connectivity index (χ4n) is 6.48. The Labute approximate surface area is 308 Å². The summed E-state index contributed by atoms with van der Waals surface area (Å²) in [6.45, 7) is -0.150. The van der Waals surface area contributed by atoms with Gasteiger partial charge >= 0.3 is 17.9 Å². The molecule has 2 atom stereocenters. The van der Waals surface area contributed by atoms with Crippen LogP contribution in [0, 0.1) is 0 Å². The smallest absolute Gasteiger partial charge is 0.340 e. The van der Waals surface area contributed by atoms with Gasteiger partial charge in [-0.25, -0.2) is 23.7 Å². The van der Waals surface area contributed by atoms with Gasteiger partial charge in [0.1, 0.15) is 18.0 Å². The van der Waals surface area contributed by atoms with E-state index in [0.29, 0.717) is 46.0 Å². The highest BCUT2D eigenvalue weighted by atomic mass is 16.5. The predicted octanol–water partition coefficient (Wildman–Crippen LogP) is 4.66. The van der Waals surface area contributed by atoms with Crippen molar-refractivity contribution in [3.05, 3.63) is 154 Å². The third-order valence-electron chi connectivity index (χ3n) is 9.13. The van der Waals surface area contributed by atoms with Gasteiger partial charge in [-0.05, 0) is 35.4 Å². The maximum atomic E-state index is 13.8. The van der Waals surface area contributed by atoms with Gasteiger partial charge in [-0.2, -0.15) is 0 Å². The summed E-state index contributed by atoms with van der Waals surface area (Å²) in [5.41, 5.74) is 3.40. The second-order valence-corrected chi connectivity index (χ2v) is 12.5. The van der Waals surface area contributed by atoms with Crippen molar-refractivity contribution in [1.29, 1.82) is 0 Å². The second kappa shape index (κ2) is 15.7. The SMILES string of the molecule is COC(=O)[C@@H](Cc1ccccc1)n1cc(COC(=O)c2cccc3c(=O)c4ccccc4n(Cc4cn([C@H](Cc5ccccc5)C(=O)OC)nn4)c23)nn1. The van der Waals surface area contributed by atoms with Crippen LogP contribution in [0.15, 0.2) is 120 Å². The standard InChI is InChI=1S/C40H35N7O7/c1-52-39(50)34(20-26-12-5-3-6-13-26)46-23-28(41-43-46)22-45-33-19-10-9-16-30(33)37(48)31-17-11-18-32(36(31)45)38(49)54-25-29-24-47(44-42-29)35(40(51)53-2)21-27-14-7-4-8-15-27/h3-19,23-24,34-35H,20-22,25H2,1-2H3/t34-,35-/m1/s1. The summed E-state index contributed by atoms with van der Waals surface area (Å²) in [6.07, 6.45) is 3.85. The molecule has 7 aromatic rings. The Bertz CT molecular complexity index is 2510. The number of benzene rings is 4. The lowest BCUT2D eigenvalue weighted by atomic mass is 10.0. The lowest BCUT2D eigenvalue weighted by Crippen LogP contribution is -2.23. The maximum Gasteiger partial charge on any atom is 0.340 e. The van der Waals surface area contributed by atoms with Gasteiger partial charge in [-0.3, -0.25) is 4.79 Å². The molecule has 0 saturated heterocycles. The molecular formula is C40H35N7O7. The Morgan fingerprint density at radius 3 is 1.80 bits per heavy atom. The maximum absolute atomic E-state index is 13.8. The number of carbonyl (C=O) groups is 3. The number of hydrogen-bond acceptors (Lipinski definition) is 11. The Morgan fingerprint density at radius 1 is 0.648 bits per heavy atom. The van der Waals surface area contributed by atoms with E-state index in [1.54, 1.807) is 48.7 Å². The highest BCUT2D eigenvalue weighted by molar-refractivity contribution is 6.06. The first kappa shape index (κ1) is 35.4. The fourth-order valence-corrected chi connectivity index (χ4v) is 6.48. The van der Waals surface area contributed by atoms with Crippen LogP contribution < -0.4 is 5.43 Å². The van der Waals surface area contributed by atoms with E-state index in [9.17, 15) is 19.2 Å². The van der Waals surface area contributed by atoms with Crippen LogP contribution >= 0.6 is 0 Å². The van der Waals surface area contributed by atoms with Crippen LogP contribution in [0.1, 0.15) is 45.0 Å². The van der Waals surface area contributed by atoms with Crippen molar-refractivity contribution in [1.82, 2.24) is 34.6 Å². The summed E-state index contributed by atoms with van der Waals surface area (Å²) < 4.78 is 20.5. The first-order valence-electron chi connectivity index (χ1n) is 17.1. The molecule has 0 amide bonds. The number of esters is 3. The topological polar surface area (TPSA) is 162 Å². The quantitative estimate of drug-likeness (QED) is 0.0924. The molecule has 0 aliphatic heterocycles. The van der Waals surface area contributed by atoms with E-state index in [1.165, 1.54) is 29.8 Å². The molecule has 0 unspecified atom stereocenters. The van der Waals surface area contributed by atoms with Gasteiger partial charge in [0, 0.05) is 23.6 Å². The first-order chi connectivity index (χ1) is 26.3. The Balaban J connectivity index is 1.19. The van der Waals surface area contributed by atoms with Crippen molar-refractivity contribution in [2.75, 3.05) is 14.2 Å². The summed E-state index contributed by atoms with van der Waals surface area (Å²) in [5, 5.41) is 17.7. The van der Waals surface area contributed by atoms with E-state index < -0.39 is 30.0 Å². The molecule has 0 saturated carbocycles. The Morgan fingerprint density at radius 2 is 1.19 bits per heavy atom. The number of carbonyl (C=O) groups excluding carboxylic acids is 3. The minimum Gasteiger partial charge on any atom is -0.467 e. The molecule has 0 fully saturated rings. The summed E-state index contributed by atoms with van der Waals surface area (Å²) in [5.74, 6) is -1.67. The molecule has 54 heavy (non-hydrogen) atoms. The average molecular weight is 726 g/mol. The van der Waals surface area contributed by atoms with Crippen molar-refractivity contribution in [3.63, 3.8) is 0 Å². The minimum atomic E-state index is -0.783. The van der Waals surface area contributed by atoms with E-state index in [4.69, 9.17) is 14.2 Å². The molecule has 3 aromatic heterocycles. The molecule has 0 spiro atoms. The summed E-state index contributed by atoms with van der Waals surface area (Å²) in [7, 11) is 2.63. The van der Waals surface area contributed by atoms with E-state index >= 15 is 0 Å². The molecule has 0 radical (unpaired) electrons. The van der Waals surface area contributed by atoms with Crippen molar-refractivity contribution in [3.8, 4) is 0 Å². The zero-order valence-electron chi connectivity index (χ0n) is 29.4. The van der Waals surface area contributed by atoms with Gasteiger partial charge in [-0.1, -0.05) is 89.3 Å². The van der Waals surface area contributed by atoms with E-state index in [2.05, 4.69) is 20.6 Å². The van der Waals surface area contributed by atoms with Crippen molar-refractivity contribution >= 4 is 39.7 Å². The van der Waals surface area contributed by atoms with Gasteiger partial charge in [0.05, 0.1) is 49.8 Å². The van der Waals surface area contributed by atoms with Crippen LogP contribution in [0.5, 0.6) is 0 Å². The molecular weight excluding hydrogens is 690 g/mol. The first-order valence-corrected chi connectivity index (χ1v) is 17.1. The monoisotopic (exact) mass is 725 g/mol. The number of aromatic nitrogens is 7. The highest BCUT2D eigenvalue weighted by Crippen LogP contribution is 2.25. The van der Waals surface area contributed by atoms with E-state index in [0.717, 1.165) is 11.1 Å². The number of nitrogens with zero attached hydrogens (tertiary/aromatic N) is 7. The number of methoxy groups -OCH3 is 2. The average Bonchev–Trinajstić information content (AvgIpc) is 3.89. The number of hydrogen-bond donors (Lipinski definition) is 0. The zero-order chi connectivity index (χ0) is 37.6. The van der Waals surface area contributed by atoms with Gasteiger partial charge in [0.25, 0.3) is 0 Å². The van der Waals surface area contributed by atoms with E-state index in [1.807, 2.05) is 65.2 Å². The number of ether oxygens (including phenoxy) is 3. The van der Waals surface area contributed by atoms with Gasteiger partial charge in [-0.15, -0.1) is 10.2 Å². The number of rotatable bonds is 13. The summed E-state index contributed by atoms with van der Waals surface area (Å²) in [6, 6.07) is 29.4. The molecule has 4 aromatic carbocycles. The molecule has 272 valence electrons. The minimum absolute atomic E-state index is 0.103. The fraction of sp³-hybridized carbons (Fsp3) is 0.200. The van der Waals surface area contributed by atoms with Crippen LogP contribution in [0.3, 0.4) is 0 Å². The molecule has 0 N–H and O–H groups in total.